The average molecular weight is 613 g/mol. The second-order valence-corrected chi connectivity index (χ2v) is 11.3. The number of halogens is 2. The molecule has 1 aliphatic carbocycles. The largest absolute Gasteiger partial charge is 0.494 e. The Labute approximate surface area is 216 Å². The van der Waals surface area contributed by atoms with E-state index in [0.717, 1.165) is 11.3 Å². The number of methoxy groups -OCH3 is 1. The van der Waals surface area contributed by atoms with Crippen molar-refractivity contribution in [3.05, 3.63) is 73.8 Å². The van der Waals surface area contributed by atoms with E-state index in [-0.39, 0.29) is 28.9 Å². The molecule has 1 aliphatic rings. The molecule has 186 valence electrons. The summed E-state index contributed by atoms with van der Waals surface area (Å²) in [6.07, 6.45) is 0.450. The lowest BCUT2D eigenvalue weighted by atomic mass is 10.1. The first kappa shape index (κ1) is 25.3. The van der Waals surface area contributed by atoms with Crippen molar-refractivity contribution >= 4 is 49.8 Å². The summed E-state index contributed by atoms with van der Waals surface area (Å²) in [7, 11) is -1.06. The maximum Gasteiger partial charge on any atom is 0.255 e. The SMILES string of the molecule is CCOc1ccc(C2CC2S(=O)(=O)Nc2c(OC)cc(=O)n(C)c2Nc2ccc(I)cc2F)cc1. The lowest BCUT2D eigenvalue weighted by Crippen LogP contribution is -2.25. The molecule has 2 N–H and O–H groups in total. The van der Waals surface area contributed by atoms with E-state index in [2.05, 4.69) is 10.0 Å². The van der Waals surface area contributed by atoms with Crippen LogP contribution >= 0.6 is 22.6 Å². The van der Waals surface area contributed by atoms with Crippen LogP contribution < -0.4 is 25.1 Å². The predicted octanol–water partition coefficient (Wildman–Crippen LogP) is 4.58. The topological polar surface area (TPSA) is 98.7 Å². The van der Waals surface area contributed by atoms with Gasteiger partial charge in [-0.05, 0) is 71.8 Å². The second kappa shape index (κ2) is 10.1. The molecule has 0 amide bonds. The fourth-order valence-electron chi connectivity index (χ4n) is 3.86. The van der Waals surface area contributed by atoms with Gasteiger partial charge in [-0.25, -0.2) is 12.8 Å². The highest BCUT2D eigenvalue weighted by Crippen LogP contribution is 2.47. The summed E-state index contributed by atoms with van der Waals surface area (Å²) in [6.45, 7) is 2.44. The van der Waals surface area contributed by atoms with E-state index in [4.69, 9.17) is 9.47 Å². The number of rotatable bonds is 9. The predicted molar refractivity (Wildman–Crippen MR) is 142 cm³/mol. The lowest BCUT2D eigenvalue weighted by Gasteiger charge is -2.20. The molecule has 4 rings (SSSR count). The van der Waals surface area contributed by atoms with Crippen LogP contribution in [0.4, 0.5) is 21.6 Å². The van der Waals surface area contributed by atoms with Gasteiger partial charge in [0, 0.05) is 22.6 Å². The number of pyridine rings is 1. The van der Waals surface area contributed by atoms with Crippen LogP contribution in [0.15, 0.2) is 53.3 Å². The van der Waals surface area contributed by atoms with Gasteiger partial charge in [0.2, 0.25) is 10.0 Å². The van der Waals surface area contributed by atoms with E-state index in [1.54, 1.807) is 6.07 Å². The van der Waals surface area contributed by atoms with Crippen molar-refractivity contribution in [3.63, 3.8) is 0 Å². The van der Waals surface area contributed by atoms with Gasteiger partial charge in [-0.15, -0.1) is 0 Å². The molecule has 0 spiro atoms. The van der Waals surface area contributed by atoms with Crippen molar-refractivity contribution in [2.75, 3.05) is 23.8 Å². The molecule has 0 aliphatic heterocycles. The summed E-state index contributed by atoms with van der Waals surface area (Å²) in [6, 6.07) is 13.1. The Bertz CT molecular complexity index is 1410. The third kappa shape index (κ3) is 5.40. The average Bonchev–Trinajstić information content (AvgIpc) is 3.62. The Hall–Kier alpha value is -2.80. The molecule has 0 bridgehead atoms. The molecule has 2 aromatic carbocycles. The minimum Gasteiger partial charge on any atom is -0.494 e. The highest BCUT2D eigenvalue weighted by Gasteiger charge is 2.48. The minimum absolute atomic E-state index is 0.0309. The molecule has 1 heterocycles. The first-order valence-electron chi connectivity index (χ1n) is 10.9. The summed E-state index contributed by atoms with van der Waals surface area (Å²) in [4.78, 5) is 12.5. The number of hydrogen-bond acceptors (Lipinski definition) is 6. The second-order valence-electron chi connectivity index (χ2n) is 8.11. The Morgan fingerprint density at radius 1 is 1.17 bits per heavy atom. The van der Waals surface area contributed by atoms with E-state index >= 15 is 0 Å². The van der Waals surface area contributed by atoms with Crippen LogP contribution in [0, 0.1) is 9.39 Å². The Kier molecular flexibility index (Phi) is 7.27. The minimum atomic E-state index is -3.86. The lowest BCUT2D eigenvalue weighted by molar-refractivity contribution is 0.340. The Balaban J connectivity index is 1.65. The molecule has 1 saturated carbocycles. The van der Waals surface area contributed by atoms with Crippen molar-refractivity contribution in [2.45, 2.75) is 24.5 Å². The number of ether oxygens (including phenoxy) is 2. The van der Waals surface area contributed by atoms with Crippen molar-refractivity contribution < 1.29 is 22.3 Å². The normalized spacial score (nSPS) is 17.1. The summed E-state index contributed by atoms with van der Waals surface area (Å²) in [5, 5.41) is 2.20. The number of benzene rings is 2. The third-order valence-electron chi connectivity index (χ3n) is 5.80. The molecule has 2 atom stereocenters. The molecular formula is C24H25FIN3O5S. The van der Waals surface area contributed by atoms with Gasteiger partial charge < -0.3 is 14.8 Å². The molecule has 3 aromatic rings. The molecule has 11 heteroatoms. The van der Waals surface area contributed by atoms with Gasteiger partial charge in [-0.1, -0.05) is 12.1 Å². The van der Waals surface area contributed by atoms with E-state index in [1.165, 1.54) is 36.9 Å². The standard InChI is InChI=1S/C24H25FIN3O5S/c1-4-34-16-8-5-14(6-9-16)17-12-21(17)35(31,32)28-23-20(33-3)13-22(30)29(2)24(23)27-19-10-7-15(26)11-18(19)25/h5-11,13,17,21,27-28H,4,12H2,1-3H3. The van der Waals surface area contributed by atoms with Gasteiger partial charge in [0.25, 0.3) is 5.56 Å². The van der Waals surface area contributed by atoms with E-state index < -0.39 is 26.6 Å². The fraction of sp³-hybridized carbons (Fsp3) is 0.292. The number of sulfonamides is 1. The van der Waals surface area contributed by atoms with E-state index in [9.17, 15) is 17.6 Å². The number of anilines is 3. The van der Waals surface area contributed by atoms with Crippen LogP contribution in [-0.4, -0.2) is 32.0 Å². The van der Waals surface area contributed by atoms with E-state index in [1.807, 2.05) is 53.8 Å². The van der Waals surface area contributed by atoms with Crippen LogP contribution in [0.5, 0.6) is 11.5 Å². The first-order chi connectivity index (χ1) is 16.6. The van der Waals surface area contributed by atoms with Crippen LogP contribution in [0.2, 0.25) is 0 Å². The molecule has 8 nitrogen and oxygen atoms in total. The van der Waals surface area contributed by atoms with E-state index in [0.29, 0.717) is 16.6 Å². The van der Waals surface area contributed by atoms with Crippen LogP contribution in [0.3, 0.4) is 0 Å². The molecule has 1 aromatic heterocycles. The first-order valence-corrected chi connectivity index (χ1v) is 13.5. The van der Waals surface area contributed by atoms with Crippen LogP contribution in [-0.2, 0) is 17.1 Å². The quantitative estimate of drug-likeness (QED) is 0.343. The number of hydrogen-bond donors (Lipinski definition) is 2. The summed E-state index contributed by atoms with van der Waals surface area (Å²) < 4.78 is 56.4. The van der Waals surface area contributed by atoms with Crippen molar-refractivity contribution in [1.29, 1.82) is 0 Å². The van der Waals surface area contributed by atoms with Crippen molar-refractivity contribution in [3.8, 4) is 11.5 Å². The van der Waals surface area contributed by atoms with Gasteiger partial charge in [-0.2, -0.15) is 0 Å². The zero-order valence-corrected chi connectivity index (χ0v) is 22.3. The smallest absolute Gasteiger partial charge is 0.255 e. The van der Waals surface area contributed by atoms with Crippen LogP contribution in [0.25, 0.3) is 0 Å². The van der Waals surface area contributed by atoms with Gasteiger partial charge >= 0.3 is 0 Å². The van der Waals surface area contributed by atoms with Gasteiger partial charge in [-0.3, -0.25) is 14.1 Å². The van der Waals surface area contributed by atoms with Crippen molar-refractivity contribution in [1.82, 2.24) is 4.57 Å². The Morgan fingerprint density at radius 3 is 2.51 bits per heavy atom. The third-order valence-corrected chi connectivity index (χ3v) is 8.28. The fourth-order valence-corrected chi connectivity index (χ4v) is 6.00. The van der Waals surface area contributed by atoms with Gasteiger partial charge in [0.1, 0.15) is 23.1 Å². The molecule has 35 heavy (non-hydrogen) atoms. The molecule has 2 unspecified atom stereocenters. The maximum atomic E-state index is 14.5. The number of nitrogens with zero attached hydrogens (tertiary/aromatic N) is 1. The maximum absolute atomic E-state index is 14.5. The molecular weight excluding hydrogens is 588 g/mol. The number of nitrogens with one attached hydrogen (secondary N) is 2. The molecule has 1 fully saturated rings. The molecule has 0 saturated heterocycles. The zero-order valence-electron chi connectivity index (χ0n) is 19.3. The monoisotopic (exact) mass is 613 g/mol. The van der Waals surface area contributed by atoms with Gasteiger partial charge in [0.05, 0.1) is 24.7 Å². The summed E-state index contributed by atoms with van der Waals surface area (Å²) in [5.41, 5.74) is 0.574. The highest BCUT2D eigenvalue weighted by atomic mass is 127. The molecule has 0 radical (unpaired) electrons. The summed E-state index contributed by atoms with van der Waals surface area (Å²) in [5.74, 6) is 0.105. The van der Waals surface area contributed by atoms with Crippen LogP contribution in [0.1, 0.15) is 24.8 Å². The summed E-state index contributed by atoms with van der Waals surface area (Å²) >= 11 is 1.99. The zero-order chi connectivity index (χ0) is 25.3. The van der Waals surface area contributed by atoms with Gasteiger partial charge in [0.15, 0.2) is 5.75 Å². The number of aromatic nitrogens is 1. The highest BCUT2D eigenvalue weighted by molar-refractivity contribution is 14.1. The van der Waals surface area contributed by atoms with Crippen molar-refractivity contribution in [2.24, 2.45) is 7.05 Å². The Morgan fingerprint density at radius 2 is 1.89 bits per heavy atom.